The van der Waals surface area contributed by atoms with E-state index >= 15 is 0 Å². The van der Waals surface area contributed by atoms with Gasteiger partial charge in [0, 0.05) is 6.61 Å². The van der Waals surface area contributed by atoms with Gasteiger partial charge in [-0.05, 0) is 18.1 Å². The van der Waals surface area contributed by atoms with Crippen LogP contribution < -0.4 is 11.5 Å². The Morgan fingerprint density at radius 3 is 2.62 bits per heavy atom. The predicted molar refractivity (Wildman–Crippen MR) is 52.7 cm³/mol. The summed E-state index contributed by atoms with van der Waals surface area (Å²) in [5.74, 6) is 0.0328. The zero-order valence-corrected chi connectivity index (χ0v) is 7.27. The maximum Gasteiger partial charge on any atom is 0.191 e. The summed E-state index contributed by atoms with van der Waals surface area (Å²) in [4.78, 5) is 3.94. The normalized spacial score (nSPS) is 9.62. The molecular formula is C9H13N3O. The van der Waals surface area contributed by atoms with Gasteiger partial charge < -0.3 is 16.6 Å². The average Bonchev–Trinajstić information content (AvgIpc) is 2.08. The number of nitrogens with two attached hydrogens (primary N) is 2. The van der Waals surface area contributed by atoms with Crippen LogP contribution in [0.4, 0.5) is 5.69 Å². The number of hydrogen-bond acceptors (Lipinski definition) is 2. The molecule has 0 aliphatic rings. The molecule has 0 heterocycles. The SMILES string of the molecule is NC(N)=Nc1ccccc1CCO. The lowest BCUT2D eigenvalue weighted by Gasteiger charge is -2.02. The first-order valence-electron chi connectivity index (χ1n) is 4.02. The average molecular weight is 179 g/mol. The van der Waals surface area contributed by atoms with E-state index in [1.165, 1.54) is 0 Å². The summed E-state index contributed by atoms with van der Waals surface area (Å²) in [7, 11) is 0. The van der Waals surface area contributed by atoms with Crippen LogP contribution in [0.2, 0.25) is 0 Å². The quantitative estimate of drug-likeness (QED) is 0.455. The van der Waals surface area contributed by atoms with Crippen LogP contribution in [0.15, 0.2) is 29.3 Å². The Hall–Kier alpha value is -1.55. The van der Waals surface area contributed by atoms with Gasteiger partial charge in [0.1, 0.15) is 0 Å². The molecule has 0 bridgehead atoms. The number of nitrogens with zero attached hydrogens (tertiary/aromatic N) is 1. The van der Waals surface area contributed by atoms with Crippen LogP contribution in [0.1, 0.15) is 5.56 Å². The molecule has 70 valence electrons. The Morgan fingerprint density at radius 2 is 2.00 bits per heavy atom. The van der Waals surface area contributed by atoms with Gasteiger partial charge in [-0.3, -0.25) is 0 Å². The third kappa shape index (κ3) is 2.76. The topological polar surface area (TPSA) is 84.6 Å². The molecule has 1 aromatic carbocycles. The fourth-order valence-electron chi connectivity index (χ4n) is 1.09. The second kappa shape index (κ2) is 4.47. The minimum atomic E-state index is 0.0328. The number of para-hydroxylation sites is 1. The fraction of sp³-hybridized carbons (Fsp3) is 0.222. The van der Waals surface area contributed by atoms with Gasteiger partial charge in [-0.2, -0.15) is 0 Å². The van der Waals surface area contributed by atoms with E-state index < -0.39 is 0 Å². The molecule has 1 rings (SSSR count). The Labute approximate surface area is 76.9 Å². The number of aliphatic hydroxyl groups excluding tert-OH is 1. The van der Waals surface area contributed by atoms with Crippen molar-refractivity contribution in [1.82, 2.24) is 0 Å². The Bertz CT molecular complexity index is 305. The molecule has 0 aliphatic carbocycles. The van der Waals surface area contributed by atoms with E-state index in [0.717, 1.165) is 11.3 Å². The van der Waals surface area contributed by atoms with E-state index in [2.05, 4.69) is 4.99 Å². The van der Waals surface area contributed by atoms with Gasteiger partial charge in [0.05, 0.1) is 5.69 Å². The number of hydrogen-bond donors (Lipinski definition) is 3. The van der Waals surface area contributed by atoms with Gasteiger partial charge in [-0.15, -0.1) is 0 Å². The van der Waals surface area contributed by atoms with Crippen LogP contribution in [-0.2, 0) is 6.42 Å². The van der Waals surface area contributed by atoms with Gasteiger partial charge >= 0.3 is 0 Å². The van der Waals surface area contributed by atoms with Crippen LogP contribution in [0.25, 0.3) is 0 Å². The highest BCUT2D eigenvalue weighted by molar-refractivity contribution is 5.79. The molecule has 13 heavy (non-hydrogen) atoms. The summed E-state index contributed by atoms with van der Waals surface area (Å²) >= 11 is 0. The van der Waals surface area contributed by atoms with E-state index in [0.29, 0.717) is 6.42 Å². The van der Waals surface area contributed by atoms with E-state index in [1.54, 1.807) is 0 Å². The lowest BCUT2D eigenvalue weighted by Crippen LogP contribution is -2.22. The Morgan fingerprint density at radius 1 is 1.31 bits per heavy atom. The fourth-order valence-corrected chi connectivity index (χ4v) is 1.09. The Kier molecular flexibility index (Phi) is 3.28. The standard InChI is InChI=1S/C9H13N3O/c10-9(11)12-8-4-2-1-3-7(8)5-6-13/h1-4,13H,5-6H2,(H4,10,11,12). The lowest BCUT2D eigenvalue weighted by molar-refractivity contribution is 0.300. The van der Waals surface area contributed by atoms with Gasteiger partial charge in [0.2, 0.25) is 0 Å². The summed E-state index contributed by atoms with van der Waals surface area (Å²) in [5.41, 5.74) is 12.2. The van der Waals surface area contributed by atoms with Crippen molar-refractivity contribution in [3.8, 4) is 0 Å². The molecule has 0 radical (unpaired) electrons. The molecule has 0 aliphatic heterocycles. The second-order valence-electron chi connectivity index (χ2n) is 2.64. The zero-order valence-electron chi connectivity index (χ0n) is 7.27. The van der Waals surface area contributed by atoms with Crippen LogP contribution in [-0.4, -0.2) is 17.7 Å². The monoisotopic (exact) mass is 179 g/mol. The van der Waals surface area contributed by atoms with Gasteiger partial charge in [-0.1, -0.05) is 18.2 Å². The van der Waals surface area contributed by atoms with Crippen molar-refractivity contribution in [2.24, 2.45) is 16.5 Å². The van der Waals surface area contributed by atoms with Crippen molar-refractivity contribution < 1.29 is 5.11 Å². The van der Waals surface area contributed by atoms with Crippen molar-refractivity contribution in [2.75, 3.05) is 6.61 Å². The first-order chi connectivity index (χ1) is 6.24. The van der Waals surface area contributed by atoms with E-state index in [1.807, 2.05) is 24.3 Å². The molecule has 4 heteroatoms. The predicted octanol–water partition coefficient (Wildman–Crippen LogP) is 0.126. The van der Waals surface area contributed by atoms with Gasteiger partial charge in [0.15, 0.2) is 5.96 Å². The third-order valence-corrected chi connectivity index (χ3v) is 1.62. The summed E-state index contributed by atoms with van der Waals surface area (Å²) in [6, 6.07) is 7.43. The van der Waals surface area contributed by atoms with Gasteiger partial charge in [-0.25, -0.2) is 4.99 Å². The number of guanidine groups is 1. The van der Waals surface area contributed by atoms with E-state index in [4.69, 9.17) is 16.6 Å². The molecule has 0 aromatic heterocycles. The molecule has 0 saturated carbocycles. The maximum absolute atomic E-state index is 8.77. The molecule has 4 nitrogen and oxygen atoms in total. The highest BCUT2D eigenvalue weighted by Gasteiger charge is 1.98. The molecule has 1 aromatic rings. The summed E-state index contributed by atoms with van der Waals surface area (Å²) in [6.45, 7) is 0.0943. The number of rotatable bonds is 3. The molecule has 0 unspecified atom stereocenters. The minimum Gasteiger partial charge on any atom is -0.396 e. The molecule has 0 atom stereocenters. The number of benzene rings is 1. The maximum atomic E-state index is 8.77. The van der Waals surface area contributed by atoms with E-state index in [9.17, 15) is 0 Å². The molecular weight excluding hydrogens is 166 g/mol. The third-order valence-electron chi connectivity index (χ3n) is 1.62. The van der Waals surface area contributed by atoms with Crippen molar-refractivity contribution in [3.05, 3.63) is 29.8 Å². The summed E-state index contributed by atoms with van der Waals surface area (Å²) < 4.78 is 0. The number of aliphatic imine (C=N–C) groups is 1. The van der Waals surface area contributed by atoms with Crippen LogP contribution in [0.5, 0.6) is 0 Å². The van der Waals surface area contributed by atoms with Crippen molar-refractivity contribution in [2.45, 2.75) is 6.42 Å². The molecule has 0 saturated heterocycles. The lowest BCUT2D eigenvalue weighted by atomic mass is 10.1. The highest BCUT2D eigenvalue weighted by atomic mass is 16.2. The van der Waals surface area contributed by atoms with Gasteiger partial charge in [0.25, 0.3) is 0 Å². The van der Waals surface area contributed by atoms with Crippen molar-refractivity contribution >= 4 is 11.6 Å². The molecule has 0 amide bonds. The molecule has 0 spiro atoms. The molecule has 5 N–H and O–H groups in total. The Balaban J connectivity index is 2.97. The highest BCUT2D eigenvalue weighted by Crippen LogP contribution is 2.18. The van der Waals surface area contributed by atoms with Crippen molar-refractivity contribution in [1.29, 1.82) is 0 Å². The number of aliphatic hydroxyl groups is 1. The van der Waals surface area contributed by atoms with Crippen LogP contribution >= 0.6 is 0 Å². The smallest absolute Gasteiger partial charge is 0.191 e. The minimum absolute atomic E-state index is 0.0328. The van der Waals surface area contributed by atoms with E-state index in [-0.39, 0.29) is 12.6 Å². The zero-order chi connectivity index (χ0) is 9.68. The largest absolute Gasteiger partial charge is 0.396 e. The second-order valence-corrected chi connectivity index (χ2v) is 2.64. The summed E-state index contributed by atoms with van der Waals surface area (Å²) in [6.07, 6.45) is 0.562. The summed E-state index contributed by atoms with van der Waals surface area (Å²) in [5, 5.41) is 8.77. The first kappa shape index (κ1) is 9.54. The van der Waals surface area contributed by atoms with Crippen LogP contribution in [0.3, 0.4) is 0 Å². The van der Waals surface area contributed by atoms with Crippen molar-refractivity contribution in [3.63, 3.8) is 0 Å². The first-order valence-corrected chi connectivity index (χ1v) is 4.02. The van der Waals surface area contributed by atoms with Crippen LogP contribution in [0, 0.1) is 0 Å². The molecule has 0 fully saturated rings.